The Morgan fingerprint density at radius 2 is 2.05 bits per heavy atom. The molecule has 4 heteroatoms. The Morgan fingerprint density at radius 3 is 2.50 bits per heavy atom. The van der Waals surface area contributed by atoms with E-state index >= 15 is 0 Å². The number of nitrogens with one attached hydrogen (secondary N) is 1. The standard InChI is InChI=1S/C16H24N2O2/c1-15(12-17,13-7-4-3-5-8-13)18-14(19)11-16(20-2)9-6-10-16/h3-5,7-8H,6,9-12,17H2,1-2H3,(H,18,19). The van der Waals surface area contributed by atoms with Crippen LogP contribution in [0.2, 0.25) is 0 Å². The molecule has 1 aliphatic rings. The molecule has 1 atom stereocenters. The second-order valence-electron chi connectivity index (χ2n) is 5.87. The van der Waals surface area contributed by atoms with Gasteiger partial charge < -0.3 is 15.8 Å². The van der Waals surface area contributed by atoms with Crippen molar-refractivity contribution in [3.05, 3.63) is 35.9 Å². The number of carbonyl (C=O) groups excluding carboxylic acids is 1. The summed E-state index contributed by atoms with van der Waals surface area (Å²) in [4.78, 5) is 12.3. The van der Waals surface area contributed by atoms with Crippen LogP contribution < -0.4 is 11.1 Å². The SMILES string of the molecule is COC1(CC(=O)NC(C)(CN)c2ccccc2)CCC1. The fourth-order valence-corrected chi connectivity index (χ4v) is 2.72. The molecule has 0 radical (unpaired) electrons. The Balaban J connectivity index is 2.04. The van der Waals surface area contributed by atoms with Gasteiger partial charge in [-0.15, -0.1) is 0 Å². The number of hydrogen-bond donors (Lipinski definition) is 2. The number of carbonyl (C=O) groups is 1. The van der Waals surface area contributed by atoms with Crippen LogP contribution in [0.4, 0.5) is 0 Å². The minimum atomic E-state index is -0.531. The zero-order chi connectivity index (χ0) is 14.6. The Bertz CT molecular complexity index is 451. The average Bonchev–Trinajstić information content (AvgIpc) is 2.43. The van der Waals surface area contributed by atoms with Crippen LogP contribution in [0.15, 0.2) is 30.3 Å². The van der Waals surface area contributed by atoms with Crippen molar-refractivity contribution < 1.29 is 9.53 Å². The largest absolute Gasteiger partial charge is 0.378 e. The predicted octanol–water partition coefficient (Wildman–Crippen LogP) is 1.94. The fourth-order valence-electron chi connectivity index (χ4n) is 2.72. The van der Waals surface area contributed by atoms with Crippen LogP contribution in [0.1, 0.15) is 38.2 Å². The van der Waals surface area contributed by atoms with Gasteiger partial charge in [0, 0.05) is 13.7 Å². The van der Waals surface area contributed by atoms with E-state index in [1.165, 1.54) is 0 Å². The van der Waals surface area contributed by atoms with E-state index in [4.69, 9.17) is 10.5 Å². The van der Waals surface area contributed by atoms with E-state index in [0.717, 1.165) is 24.8 Å². The van der Waals surface area contributed by atoms with Crippen molar-refractivity contribution in [1.29, 1.82) is 0 Å². The molecule has 1 saturated carbocycles. The normalized spacial score (nSPS) is 19.8. The van der Waals surface area contributed by atoms with E-state index in [0.29, 0.717) is 13.0 Å². The Labute approximate surface area is 120 Å². The van der Waals surface area contributed by atoms with E-state index in [1.54, 1.807) is 7.11 Å². The minimum Gasteiger partial charge on any atom is -0.378 e. The van der Waals surface area contributed by atoms with Crippen LogP contribution >= 0.6 is 0 Å². The zero-order valence-electron chi connectivity index (χ0n) is 12.3. The molecule has 3 N–H and O–H groups in total. The molecule has 0 saturated heterocycles. The van der Waals surface area contributed by atoms with Crippen molar-refractivity contribution in [3.8, 4) is 0 Å². The maximum Gasteiger partial charge on any atom is 0.223 e. The number of benzene rings is 1. The fraction of sp³-hybridized carbons (Fsp3) is 0.562. The third-order valence-electron chi connectivity index (χ3n) is 4.42. The van der Waals surface area contributed by atoms with Crippen LogP contribution in [0, 0.1) is 0 Å². The molecule has 1 fully saturated rings. The van der Waals surface area contributed by atoms with Gasteiger partial charge in [-0.2, -0.15) is 0 Å². The number of rotatable bonds is 6. The number of nitrogens with two attached hydrogens (primary N) is 1. The van der Waals surface area contributed by atoms with Crippen molar-refractivity contribution in [2.24, 2.45) is 5.73 Å². The van der Waals surface area contributed by atoms with Crippen LogP contribution in [0.3, 0.4) is 0 Å². The van der Waals surface area contributed by atoms with Crippen LogP contribution in [0.25, 0.3) is 0 Å². The van der Waals surface area contributed by atoms with Crippen molar-refractivity contribution in [3.63, 3.8) is 0 Å². The molecule has 1 aromatic rings. The number of ether oxygens (including phenoxy) is 1. The lowest BCUT2D eigenvalue weighted by atomic mass is 9.77. The van der Waals surface area contributed by atoms with Crippen LogP contribution in [-0.2, 0) is 15.1 Å². The van der Waals surface area contributed by atoms with Gasteiger partial charge in [0.15, 0.2) is 0 Å². The van der Waals surface area contributed by atoms with Crippen LogP contribution in [0.5, 0.6) is 0 Å². The van der Waals surface area contributed by atoms with E-state index in [1.807, 2.05) is 37.3 Å². The highest BCUT2D eigenvalue weighted by molar-refractivity contribution is 5.78. The van der Waals surface area contributed by atoms with Gasteiger partial charge in [-0.25, -0.2) is 0 Å². The average molecular weight is 276 g/mol. The quantitative estimate of drug-likeness (QED) is 0.834. The maximum atomic E-state index is 12.3. The van der Waals surface area contributed by atoms with Crippen molar-refractivity contribution in [1.82, 2.24) is 5.32 Å². The van der Waals surface area contributed by atoms with Gasteiger partial charge in [0.1, 0.15) is 0 Å². The summed E-state index contributed by atoms with van der Waals surface area (Å²) in [7, 11) is 1.69. The van der Waals surface area contributed by atoms with Crippen LogP contribution in [-0.4, -0.2) is 25.2 Å². The summed E-state index contributed by atoms with van der Waals surface area (Å²) in [5, 5.41) is 3.07. The van der Waals surface area contributed by atoms with Gasteiger partial charge >= 0.3 is 0 Å². The summed E-state index contributed by atoms with van der Waals surface area (Å²) in [5.74, 6) is 0.00310. The van der Waals surface area contributed by atoms with E-state index < -0.39 is 5.54 Å². The number of amides is 1. The lowest BCUT2D eigenvalue weighted by Gasteiger charge is -2.41. The summed E-state index contributed by atoms with van der Waals surface area (Å²) in [6.45, 7) is 2.32. The maximum absolute atomic E-state index is 12.3. The van der Waals surface area contributed by atoms with Crippen molar-refractivity contribution in [2.45, 2.75) is 43.7 Å². The topological polar surface area (TPSA) is 64.3 Å². The molecule has 0 spiro atoms. The molecular formula is C16H24N2O2. The smallest absolute Gasteiger partial charge is 0.223 e. The molecule has 1 aliphatic carbocycles. The summed E-state index contributed by atoms with van der Waals surface area (Å²) < 4.78 is 5.51. The van der Waals surface area contributed by atoms with E-state index in [2.05, 4.69) is 5.32 Å². The Hall–Kier alpha value is -1.39. The Kier molecular flexibility index (Phi) is 4.45. The molecule has 1 unspecified atom stereocenters. The van der Waals surface area contributed by atoms with Gasteiger partial charge in [-0.3, -0.25) is 4.79 Å². The van der Waals surface area contributed by atoms with Gasteiger partial charge in [0.2, 0.25) is 5.91 Å². The minimum absolute atomic E-state index is 0.00310. The second kappa shape index (κ2) is 5.94. The molecule has 20 heavy (non-hydrogen) atoms. The lowest BCUT2D eigenvalue weighted by molar-refractivity contribution is -0.136. The highest BCUT2D eigenvalue weighted by Crippen LogP contribution is 2.38. The second-order valence-corrected chi connectivity index (χ2v) is 5.87. The van der Waals surface area contributed by atoms with E-state index in [9.17, 15) is 4.79 Å². The molecule has 1 amide bonds. The summed E-state index contributed by atoms with van der Waals surface area (Å²) in [6, 6.07) is 9.84. The summed E-state index contributed by atoms with van der Waals surface area (Å²) in [6.07, 6.45) is 3.46. The molecule has 2 rings (SSSR count). The van der Waals surface area contributed by atoms with Gasteiger partial charge in [0.25, 0.3) is 0 Å². The predicted molar refractivity (Wildman–Crippen MR) is 79.2 cm³/mol. The first-order valence-corrected chi connectivity index (χ1v) is 7.15. The third-order valence-corrected chi connectivity index (χ3v) is 4.42. The number of methoxy groups -OCH3 is 1. The first-order valence-electron chi connectivity index (χ1n) is 7.15. The summed E-state index contributed by atoms with van der Waals surface area (Å²) in [5.41, 5.74) is 6.12. The van der Waals surface area contributed by atoms with Crippen molar-refractivity contribution in [2.75, 3.05) is 13.7 Å². The monoisotopic (exact) mass is 276 g/mol. The van der Waals surface area contributed by atoms with Crippen molar-refractivity contribution >= 4 is 5.91 Å². The molecule has 1 aromatic carbocycles. The highest BCUT2D eigenvalue weighted by atomic mass is 16.5. The van der Waals surface area contributed by atoms with E-state index in [-0.39, 0.29) is 11.5 Å². The first kappa shape index (κ1) is 15.0. The molecule has 4 nitrogen and oxygen atoms in total. The zero-order valence-corrected chi connectivity index (χ0v) is 12.3. The molecule has 0 bridgehead atoms. The summed E-state index contributed by atoms with van der Waals surface area (Å²) >= 11 is 0. The van der Waals surface area contributed by atoms with Gasteiger partial charge in [-0.05, 0) is 31.7 Å². The Morgan fingerprint density at radius 1 is 1.40 bits per heavy atom. The highest BCUT2D eigenvalue weighted by Gasteiger charge is 2.40. The molecule has 0 aliphatic heterocycles. The number of hydrogen-bond acceptors (Lipinski definition) is 3. The van der Waals surface area contributed by atoms with Gasteiger partial charge in [0.05, 0.1) is 17.6 Å². The lowest BCUT2D eigenvalue weighted by Crippen LogP contribution is -2.52. The molecule has 0 aromatic heterocycles. The molecule has 0 heterocycles. The van der Waals surface area contributed by atoms with Gasteiger partial charge in [-0.1, -0.05) is 30.3 Å². The first-order chi connectivity index (χ1) is 9.53. The molecule has 110 valence electrons. The third kappa shape index (κ3) is 3.02. The molecular weight excluding hydrogens is 252 g/mol.